The van der Waals surface area contributed by atoms with Gasteiger partial charge in [0.15, 0.2) is 11.6 Å². The molecule has 2 aromatic carbocycles. The molecule has 1 heterocycles. The summed E-state index contributed by atoms with van der Waals surface area (Å²) >= 11 is 0. The molecule has 2 N–H and O–H groups in total. The summed E-state index contributed by atoms with van der Waals surface area (Å²) < 4.78 is 32.0. The van der Waals surface area contributed by atoms with E-state index in [1.54, 1.807) is 6.92 Å². The van der Waals surface area contributed by atoms with Crippen molar-refractivity contribution in [3.63, 3.8) is 0 Å². The van der Waals surface area contributed by atoms with Gasteiger partial charge in [-0.15, -0.1) is 0 Å². The van der Waals surface area contributed by atoms with Crippen molar-refractivity contribution in [2.24, 2.45) is 0 Å². The van der Waals surface area contributed by atoms with Crippen molar-refractivity contribution in [2.75, 3.05) is 6.54 Å². The maximum Gasteiger partial charge on any atom is 0.234 e. The highest BCUT2D eigenvalue weighted by Gasteiger charge is 2.15. The van der Waals surface area contributed by atoms with Crippen LogP contribution in [0.15, 0.2) is 52.9 Å². The fraction of sp³-hybridized carbons (Fsp3) is 0.250. The number of benzene rings is 2. The molecule has 4 nitrogen and oxygen atoms in total. The van der Waals surface area contributed by atoms with Crippen LogP contribution in [0.3, 0.4) is 0 Å². The number of rotatable bonds is 6. The lowest BCUT2D eigenvalue weighted by Crippen LogP contribution is -2.36. The second-order valence-electron chi connectivity index (χ2n) is 6.25. The van der Waals surface area contributed by atoms with E-state index in [-0.39, 0.29) is 24.5 Å². The molecule has 0 saturated heterocycles. The van der Waals surface area contributed by atoms with Gasteiger partial charge in [-0.05, 0) is 43.7 Å². The van der Waals surface area contributed by atoms with E-state index >= 15 is 0 Å². The van der Waals surface area contributed by atoms with Crippen LogP contribution in [0.25, 0.3) is 11.0 Å². The lowest BCUT2D eigenvalue weighted by Gasteiger charge is -2.16. The lowest BCUT2D eigenvalue weighted by atomic mass is 10.1. The van der Waals surface area contributed by atoms with Crippen molar-refractivity contribution in [3.05, 3.63) is 71.5 Å². The fourth-order valence-corrected chi connectivity index (χ4v) is 2.72. The van der Waals surface area contributed by atoms with E-state index in [9.17, 15) is 13.6 Å². The van der Waals surface area contributed by atoms with Gasteiger partial charge >= 0.3 is 0 Å². The molecule has 0 radical (unpaired) electrons. The summed E-state index contributed by atoms with van der Waals surface area (Å²) in [6, 6.07) is 12.7. The number of para-hydroxylation sites is 1. The number of amides is 1. The van der Waals surface area contributed by atoms with Gasteiger partial charge in [-0.3, -0.25) is 4.79 Å². The first kappa shape index (κ1) is 18.1. The summed E-state index contributed by atoms with van der Waals surface area (Å²) in [7, 11) is 0. The second kappa shape index (κ2) is 7.66. The Bertz CT molecular complexity index is 890. The molecular weight excluding hydrogens is 338 g/mol. The Labute approximate surface area is 150 Å². The number of fused-ring (bicyclic) bond motifs is 1. The first-order valence-corrected chi connectivity index (χ1v) is 8.40. The van der Waals surface area contributed by atoms with Crippen LogP contribution in [0.2, 0.25) is 0 Å². The molecule has 26 heavy (non-hydrogen) atoms. The minimum Gasteiger partial charge on any atom is -0.459 e. The maximum atomic E-state index is 13.3. The largest absolute Gasteiger partial charge is 0.459 e. The van der Waals surface area contributed by atoms with E-state index in [2.05, 4.69) is 10.6 Å². The average Bonchev–Trinajstić information content (AvgIpc) is 3.06. The summed E-state index contributed by atoms with van der Waals surface area (Å²) in [5.41, 5.74) is 1.34. The van der Waals surface area contributed by atoms with Crippen LogP contribution in [-0.4, -0.2) is 12.5 Å². The van der Waals surface area contributed by atoms with Gasteiger partial charge in [0.05, 0.1) is 12.6 Å². The molecule has 0 spiro atoms. The Morgan fingerprint density at radius 2 is 1.81 bits per heavy atom. The molecule has 1 aromatic heterocycles. The zero-order valence-electron chi connectivity index (χ0n) is 14.6. The molecule has 136 valence electrons. The molecule has 0 aliphatic carbocycles. The van der Waals surface area contributed by atoms with Gasteiger partial charge in [0.2, 0.25) is 5.91 Å². The van der Waals surface area contributed by atoms with Gasteiger partial charge in [0, 0.05) is 11.4 Å². The molecule has 3 aromatic rings. The zero-order chi connectivity index (χ0) is 18.7. The Morgan fingerprint density at radius 1 is 1.04 bits per heavy atom. The van der Waals surface area contributed by atoms with Gasteiger partial charge < -0.3 is 15.1 Å². The SMILES string of the molecule is C[C@H](NC(=O)CN[C@H](C)c1ccc(F)c(F)c1)c1cc2ccccc2o1. The monoisotopic (exact) mass is 358 g/mol. The molecule has 1 amide bonds. The Balaban J connectivity index is 1.55. The summed E-state index contributed by atoms with van der Waals surface area (Å²) in [6.45, 7) is 3.67. The topological polar surface area (TPSA) is 54.3 Å². The van der Waals surface area contributed by atoms with E-state index in [4.69, 9.17) is 4.42 Å². The molecule has 0 fully saturated rings. The van der Waals surface area contributed by atoms with Crippen LogP contribution < -0.4 is 10.6 Å². The number of nitrogens with one attached hydrogen (secondary N) is 2. The second-order valence-corrected chi connectivity index (χ2v) is 6.25. The summed E-state index contributed by atoms with van der Waals surface area (Å²) in [6.07, 6.45) is 0. The first-order valence-electron chi connectivity index (χ1n) is 8.40. The lowest BCUT2D eigenvalue weighted by molar-refractivity contribution is -0.121. The van der Waals surface area contributed by atoms with Crippen LogP contribution in [0, 0.1) is 11.6 Å². The van der Waals surface area contributed by atoms with Gasteiger partial charge in [-0.2, -0.15) is 0 Å². The number of hydrogen-bond donors (Lipinski definition) is 2. The fourth-order valence-electron chi connectivity index (χ4n) is 2.72. The minimum atomic E-state index is -0.904. The third kappa shape index (κ3) is 4.08. The normalized spacial score (nSPS) is 13.5. The molecule has 0 aliphatic heterocycles. The van der Waals surface area contributed by atoms with Crippen molar-refractivity contribution < 1.29 is 18.0 Å². The number of furan rings is 1. The van der Waals surface area contributed by atoms with Crippen molar-refractivity contribution >= 4 is 16.9 Å². The molecule has 3 rings (SSSR count). The number of hydrogen-bond acceptors (Lipinski definition) is 3. The molecule has 0 saturated carbocycles. The molecule has 0 bridgehead atoms. The number of carbonyl (C=O) groups is 1. The van der Waals surface area contributed by atoms with Gasteiger partial charge in [-0.25, -0.2) is 8.78 Å². The van der Waals surface area contributed by atoms with Crippen molar-refractivity contribution in [1.82, 2.24) is 10.6 Å². The smallest absolute Gasteiger partial charge is 0.234 e. The predicted molar refractivity (Wildman–Crippen MR) is 95.5 cm³/mol. The third-order valence-corrected chi connectivity index (χ3v) is 4.26. The maximum absolute atomic E-state index is 13.3. The molecular formula is C20H20F2N2O2. The van der Waals surface area contributed by atoms with Crippen LogP contribution in [-0.2, 0) is 4.79 Å². The summed E-state index contributed by atoms with van der Waals surface area (Å²) in [4.78, 5) is 12.1. The Hall–Kier alpha value is -2.73. The molecule has 6 heteroatoms. The highest BCUT2D eigenvalue weighted by molar-refractivity contribution is 5.80. The average molecular weight is 358 g/mol. The standard InChI is InChI=1S/C20H20F2N2O2/c1-12(14-7-8-16(21)17(22)9-14)23-11-20(25)24-13(2)19-10-15-5-3-4-6-18(15)26-19/h3-10,12-13,23H,11H2,1-2H3,(H,24,25)/t12-,13+/m1/s1. The third-order valence-electron chi connectivity index (χ3n) is 4.26. The van der Waals surface area contributed by atoms with E-state index in [1.807, 2.05) is 37.3 Å². The molecule has 0 unspecified atom stereocenters. The van der Waals surface area contributed by atoms with Crippen LogP contribution >= 0.6 is 0 Å². The van der Waals surface area contributed by atoms with E-state index in [0.717, 1.165) is 23.1 Å². The number of carbonyl (C=O) groups excluding carboxylic acids is 1. The van der Waals surface area contributed by atoms with E-state index in [0.29, 0.717) is 11.3 Å². The molecule has 2 atom stereocenters. The minimum absolute atomic E-state index is 0.0464. The van der Waals surface area contributed by atoms with Crippen LogP contribution in [0.4, 0.5) is 8.78 Å². The van der Waals surface area contributed by atoms with E-state index < -0.39 is 11.6 Å². The van der Waals surface area contributed by atoms with Crippen molar-refractivity contribution in [3.8, 4) is 0 Å². The quantitative estimate of drug-likeness (QED) is 0.693. The predicted octanol–water partition coefficient (Wildman–Crippen LogP) is 4.24. The summed E-state index contributed by atoms with van der Waals surface area (Å²) in [5.74, 6) is -1.34. The first-order chi connectivity index (χ1) is 12.4. The van der Waals surface area contributed by atoms with Crippen molar-refractivity contribution in [2.45, 2.75) is 25.9 Å². The van der Waals surface area contributed by atoms with Gasteiger partial charge in [-0.1, -0.05) is 24.3 Å². The highest BCUT2D eigenvalue weighted by atomic mass is 19.2. The van der Waals surface area contributed by atoms with Gasteiger partial charge in [0.1, 0.15) is 11.3 Å². The van der Waals surface area contributed by atoms with Crippen LogP contribution in [0.1, 0.15) is 37.3 Å². The summed E-state index contributed by atoms with van der Waals surface area (Å²) in [5, 5.41) is 6.83. The highest BCUT2D eigenvalue weighted by Crippen LogP contribution is 2.23. The Morgan fingerprint density at radius 3 is 2.54 bits per heavy atom. The van der Waals surface area contributed by atoms with Crippen molar-refractivity contribution in [1.29, 1.82) is 0 Å². The van der Waals surface area contributed by atoms with Crippen LogP contribution in [0.5, 0.6) is 0 Å². The number of halogens is 2. The Kier molecular flexibility index (Phi) is 5.32. The molecule has 0 aliphatic rings. The van der Waals surface area contributed by atoms with E-state index in [1.165, 1.54) is 6.07 Å². The zero-order valence-corrected chi connectivity index (χ0v) is 14.6. The van der Waals surface area contributed by atoms with Gasteiger partial charge in [0.25, 0.3) is 0 Å².